The highest BCUT2D eigenvalue weighted by atomic mass is 35.5. The number of hydrogen-bond acceptors (Lipinski definition) is 4. The average molecular weight is 466 g/mol. The van der Waals surface area contributed by atoms with Crippen molar-refractivity contribution in [2.24, 2.45) is 0 Å². The van der Waals surface area contributed by atoms with Gasteiger partial charge in [0.1, 0.15) is 12.6 Å². The molecule has 2 rings (SSSR count). The molecule has 2 amide bonds. The highest BCUT2D eigenvalue weighted by Gasteiger charge is 2.30. The third-order valence-electron chi connectivity index (χ3n) is 4.99. The fourth-order valence-electron chi connectivity index (χ4n) is 3.16. The Morgan fingerprint density at radius 1 is 1.10 bits per heavy atom. The molecule has 0 bridgehead atoms. The summed E-state index contributed by atoms with van der Waals surface area (Å²) in [6, 6.07) is 11.5. The molecule has 0 aliphatic rings. The number of rotatable bonds is 8. The number of halogens is 1. The molecule has 0 aliphatic heterocycles. The molecule has 0 radical (unpaired) electrons. The fourth-order valence-corrected chi connectivity index (χ4v) is 4.19. The van der Waals surface area contributed by atoms with Crippen LogP contribution in [0.25, 0.3) is 0 Å². The van der Waals surface area contributed by atoms with Crippen LogP contribution in [0.1, 0.15) is 23.6 Å². The second-order valence-corrected chi connectivity index (χ2v) is 9.84. The van der Waals surface area contributed by atoms with Crippen LogP contribution in [0.5, 0.6) is 0 Å². The molecule has 0 aliphatic carbocycles. The Morgan fingerprint density at radius 2 is 1.71 bits per heavy atom. The molecule has 0 saturated heterocycles. The average Bonchev–Trinajstić information content (AvgIpc) is 2.71. The van der Waals surface area contributed by atoms with E-state index in [2.05, 4.69) is 5.32 Å². The Morgan fingerprint density at radius 3 is 2.26 bits per heavy atom. The van der Waals surface area contributed by atoms with E-state index in [1.165, 1.54) is 11.9 Å². The second-order valence-electron chi connectivity index (χ2n) is 7.50. The van der Waals surface area contributed by atoms with Gasteiger partial charge in [0, 0.05) is 18.6 Å². The summed E-state index contributed by atoms with van der Waals surface area (Å²) in [5.74, 6) is -0.836. The van der Waals surface area contributed by atoms with Gasteiger partial charge in [0.2, 0.25) is 21.8 Å². The Kier molecular flexibility index (Phi) is 8.08. The largest absolute Gasteiger partial charge is 0.357 e. The maximum absolute atomic E-state index is 13.3. The number of anilines is 1. The van der Waals surface area contributed by atoms with Crippen molar-refractivity contribution in [1.29, 1.82) is 0 Å². The molecule has 0 heterocycles. The van der Waals surface area contributed by atoms with Crippen molar-refractivity contribution in [1.82, 2.24) is 10.2 Å². The first-order valence-corrected chi connectivity index (χ1v) is 12.0. The number of nitrogens with zero attached hydrogens (tertiary/aromatic N) is 2. The van der Waals surface area contributed by atoms with E-state index in [1.54, 1.807) is 44.2 Å². The SMILES string of the molecule is CNC(=O)[C@H](C)N(Cc1ccc(Cl)cc1)C(=O)CN(c1cc(C)ccc1C)S(C)(=O)=O. The molecule has 168 valence electrons. The van der Waals surface area contributed by atoms with Crippen molar-refractivity contribution < 1.29 is 18.0 Å². The summed E-state index contributed by atoms with van der Waals surface area (Å²) in [6.45, 7) is 4.96. The molecule has 1 atom stereocenters. The minimum Gasteiger partial charge on any atom is -0.357 e. The molecule has 0 unspecified atom stereocenters. The van der Waals surface area contributed by atoms with E-state index in [9.17, 15) is 18.0 Å². The van der Waals surface area contributed by atoms with Gasteiger partial charge in [0.05, 0.1) is 11.9 Å². The molecule has 31 heavy (non-hydrogen) atoms. The Labute approximate surface area is 189 Å². The maximum atomic E-state index is 13.3. The Balaban J connectivity index is 2.42. The number of sulfonamides is 1. The van der Waals surface area contributed by atoms with Crippen molar-refractivity contribution in [3.05, 3.63) is 64.2 Å². The number of nitrogens with one attached hydrogen (secondary N) is 1. The first-order valence-electron chi connectivity index (χ1n) is 9.74. The number of benzene rings is 2. The minimum absolute atomic E-state index is 0.134. The monoisotopic (exact) mass is 465 g/mol. The lowest BCUT2D eigenvalue weighted by Crippen LogP contribution is -2.50. The van der Waals surface area contributed by atoms with Gasteiger partial charge in [-0.1, -0.05) is 35.9 Å². The lowest BCUT2D eigenvalue weighted by Gasteiger charge is -2.31. The van der Waals surface area contributed by atoms with Crippen molar-refractivity contribution in [3.8, 4) is 0 Å². The highest BCUT2D eigenvalue weighted by Crippen LogP contribution is 2.24. The van der Waals surface area contributed by atoms with E-state index in [-0.39, 0.29) is 12.5 Å². The van der Waals surface area contributed by atoms with Crippen molar-refractivity contribution >= 4 is 39.1 Å². The molecule has 0 fully saturated rings. The molecule has 9 heteroatoms. The van der Waals surface area contributed by atoms with Crippen LogP contribution in [0.15, 0.2) is 42.5 Å². The Hall–Kier alpha value is -2.58. The van der Waals surface area contributed by atoms with Gasteiger partial charge in [-0.05, 0) is 55.7 Å². The molecule has 7 nitrogen and oxygen atoms in total. The smallest absolute Gasteiger partial charge is 0.244 e. The third-order valence-corrected chi connectivity index (χ3v) is 6.37. The Bertz CT molecular complexity index is 1050. The maximum Gasteiger partial charge on any atom is 0.244 e. The summed E-state index contributed by atoms with van der Waals surface area (Å²) in [6.07, 6.45) is 1.06. The first kappa shape index (κ1) is 24.7. The standard InChI is InChI=1S/C22H28ClN3O4S/c1-15-6-7-16(2)20(12-15)26(31(5,29)30)14-21(27)25(17(3)22(28)24-4)13-18-8-10-19(23)11-9-18/h6-12,17H,13-14H2,1-5H3,(H,24,28)/t17-/m0/s1. The number of likely N-dealkylation sites (N-methyl/N-ethyl adjacent to an activating group) is 1. The zero-order chi connectivity index (χ0) is 23.3. The van der Waals surface area contributed by atoms with Crippen LogP contribution < -0.4 is 9.62 Å². The lowest BCUT2D eigenvalue weighted by atomic mass is 10.1. The molecule has 0 aromatic heterocycles. The van der Waals surface area contributed by atoms with Gasteiger partial charge in [-0.2, -0.15) is 0 Å². The van der Waals surface area contributed by atoms with E-state index in [1.807, 2.05) is 19.1 Å². The predicted molar refractivity (Wildman–Crippen MR) is 124 cm³/mol. The summed E-state index contributed by atoms with van der Waals surface area (Å²) < 4.78 is 26.2. The number of carbonyl (C=O) groups excluding carboxylic acids is 2. The summed E-state index contributed by atoms with van der Waals surface area (Å²) in [4.78, 5) is 27.0. The molecule has 2 aromatic carbocycles. The molecular formula is C22H28ClN3O4S. The van der Waals surface area contributed by atoms with Crippen LogP contribution >= 0.6 is 11.6 Å². The van der Waals surface area contributed by atoms with Crippen LogP contribution in [0, 0.1) is 13.8 Å². The zero-order valence-corrected chi connectivity index (χ0v) is 19.9. The van der Waals surface area contributed by atoms with Crippen LogP contribution in [0.4, 0.5) is 5.69 Å². The summed E-state index contributed by atoms with van der Waals surface area (Å²) in [7, 11) is -2.26. The van der Waals surface area contributed by atoms with Crippen molar-refractivity contribution in [2.75, 3.05) is 24.2 Å². The lowest BCUT2D eigenvalue weighted by molar-refractivity contribution is -0.139. The highest BCUT2D eigenvalue weighted by molar-refractivity contribution is 7.92. The third kappa shape index (κ3) is 6.45. The molecule has 1 N–H and O–H groups in total. The normalized spacial score (nSPS) is 12.2. The zero-order valence-electron chi connectivity index (χ0n) is 18.3. The predicted octanol–water partition coefficient (Wildman–Crippen LogP) is 2.89. The van der Waals surface area contributed by atoms with Crippen LogP contribution in [0.3, 0.4) is 0 Å². The number of hydrogen-bond donors (Lipinski definition) is 1. The molecular weight excluding hydrogens is 438 g/mol. The van der Waals surface area contributed by atoms with Gasteiger partial charge < -0.3 is 10.2 Å². The topological polar surface area (TPSA) is 86.8 Å². The van der Waals surface area contributed by atoms with Gasteiger partial charge in [-0.3, -0.25) is 13.9 Å². The summed E-state index contributed by atoms with van der Waals surface area (Å²) in [5.41, 5.74) is 2.81. The van der Waals surface area contributed by atoms with E-state index in [4.69, 9.17) is 11.6 Å². The minimum atomic E-state index is -3.75. The van der Waals surface area contributed by atoms with Crippen LogP contribution in [0.2, 0.25) is 5.02 Å². The van der Waals surface area contributed by atoms with Gasteiger partial charge in [-0.25, -0.2) is 8.42 Å². The summed E-state index contributed by atoms with van der Waals surface area (Å²) in [5, 5.41) is 3.10. The van der Waals surface area contributed by atoms with E-state index in [0.29, 0.717) is 10.7 Å². The van der Waals surface area contributed by atoms with Gasteiger partial charge >= 0.3 is 0 Å². The van der Waals surface area contributed by atoms with E-state index in [0.717, 1.165) is 27.3 Å². The summed E-state index contributed by atoms with van der Waals surface area (Å²) >= 11 is 5.94. The van der Waals surface area contributed by atoms with Gasteiger partial charge in [0.15, 0.2) is 0 Å². The van der Waals surface area contributed by atoms with E-state index < -0.39 is 28.5 Å². The van der Waals surface area contributed by atoms with Crippen LogP contribution in [-0.4, -0.2) is 51.0 Å². The number of carbonyl (C=O) groups is 2. The number of amides is 2. The van der Waals surface area contributed by atoms with E-state index >= 15 is 0 Å². The van der Waals surface area contributed by atoms with Crippen LogP contribution in [-0.2, 0) is 26.2 Å². The molecule has 2 aromatic rings. The van der Waals surface area contributed by atoms with Gasteiger partial charge in [0.25, 0.3) is 0 Å². The first-order chi connectivity index (χ1) is 14.4. The second kappa shape index (κ2) is 10.2. The quantitative estimate of drug-likeness (QED) is 0.649. The fraction of sp³-hybridized carbons (Fsp3) is 0.364. The van der Waals surface area contributed by atoms with Crippen molar-refractivity contribution in [3.63, 3.8) is 0 Å². The molecule has 0 saturated carbocycles. The number of aryl methyl sites for hydroxylation is 2. The van der Waals surface area contributed by atoms with Crippen molar-refractivity contribution in [2.45, 2.75) is 33.4 Å². The molecule has 0 spiro atoms. The van der Waals surface area contributed by atoms with Gasteiger partial charge in [-0.15, -0.1) is 0 Å².